The third-order valence-electron chi connectivity index (χ3n) is 7.22. The van der Waals surface area contributed by atoms with Gasteiger partial charge in [-0.05, 0) is 63.1 Å². The highest BCUT2D eigenvalue weighted by molar-refractivity contribution is 7.18. The third-order valence-corrected chi connectivity index (χ3v) is 8.32. The van der Waals surface area contributed by atoms with Gasteiger partial charge in [0.25, 0.3) is 5.56 Å². The van der Waals surface area contributed by atoms with Crippen molar-refractivity contribution in [1.82, 2.24) is 19.4 Å². The lowest BCUT2D eigenvalue weighted by molar-refractivity contribution is -0.133. The molecule has 2 aliphatic heterocycles. The third kappa shape index (κ3) is 4.36. The van der Waals surface area contributed by atoms with Gasteiger partial charge < -0.3 is 14.5 Å². The molecule has 5 rings (SSSR count). The summed E-state index contributed by atoms with van der Waals surface area (Å²) < 4.78 is 8.47. The predicted octanol–water partition coefficient (Wildman–Crippen LogP) is 4.07. The van der Waals surface area contributed by atoms with E-state index in [1.165, 1.54) is 24.2 Å². The molecule has 2 aromatic heterocycles. The Kier molecular flexibility index (Phi) is 6.20. The van der Waals surface area contributed by atoms with Crippen LogP contribution in [0.5, 0.6) is 5.75 Å². The highest BCUT2D eigenvalue weighted by Crippen LogP contribution is 2.36. The summed E-state index contributed by atoms with van der Waals surface area (Å²) in [5.74, 6) is 0.866. The molecule has 2 saturated heterocycles. The molecule has 2 fully saturated rings. The normalized spacial score (nSPS) is 22.4. The molecule has 2 bridgehead atoms. The van der Waals surface area contributed by atoms with Crippen LogP contribution in [0.15, 0.2) is 41.5 Å². The number of thiophene rings is 1. The van der Waals surface area contributed by atoms with Crippen LogP contribution in [-0.4, -0.2) is 57.5 Å². The standard InChI is InChI=1S/C26H32N4O3S/c1-16(2)25(31)28(3)14-22-13-23-24(34-22)26(32)30(15-27-23)17-7-9-20(10-8-17)33-21-11-18-5-6-19(12-21)29(18)4/h7-10,13,15-16,18-19,21H,5-6,11-12,14H2,1-4H3/t18-,19+,21+. The van der Waals surface area contributed by atoms with Crippen LogP contribution in [0.4, 0.5) is 0 Å². The number of fused-ring (bicyclic) bond motifs is 3. The maximum atomic E-state index is 13.2. The molecule has 2 aliphatic rings. The van der Waals surface area contributed by atoms with Gasteiger partial charge >= 0.3 is 0 Å². The lowest BCUT2D eigenvalue weighted by Gasteiger charge is -2.36. The van der Waals surface area contributed by atoms with Crippen LogP contribution in [-0.2, 0) is 11.3 Å². The summed E-state index contributed by atoms with van der Waals surface area (Å²) in [5, 5.41) is 0. The number of carbonyl (C=O) groups is 1. The Hall–Kier alpha value is -2.71. The molecule has 0 N–H and O–H groups in total. The number of piperidine rings is 1. The molecule has 0 saturated carbocycles. The summed E-state index contributed by atoms with van der Waals surface area (Å²) >= 11 is 1.40. The summed E-state index contributed by atoms with van der Waals surface area (Å²) in [6.45, 7) is 4.25. The van der Waals surface area contributed by atoms with Gasteiger partial charge in [0.05, 0.1) is 17.7 Å². The molecule has 0 aliphatic carbocycles. The number of ether oxygens (including phenoxy) is 1. The van der Waals surface area contributed by atoms with Crippen LogP contribution in [0.3, 0.4) is 0 Å². The zero-order valence-corrected chi connectivity index (χ0v) is 21.0. The Balaban J connectivity index is 1.31. The highest BCUT2D eigenvalue weighted by atomic mass is 32.1. The van der Waals surface area contributed by atoms with Crippen LogP contribution in [0.25, 0.3) is 15.9 Å². The van der Waals surface area contributed by atoms with Gasteiger partial charge in [-0.1, -0.05) is 13.8 Å². The molecule has 3 aromatic rings. The molecule has 1 amide bonds. The smallest absolute Gasteiger partial charge is 0.275 e. The van der Waals surface area contributed by atoms with Crippen molar-refractivity contribution in [3.8, 4) is 11.4 Å². The summed E-state index contributed by atoms with van der Waals surface area (Å²) in [5.41, 5.74) is 1.33. The zero-order chi connectivity index (χ0) is 24.0. The van der Waals surface area contributed by atoms with E-state index in [9.17, 15) is 9.59 Å². The average Bonchev–Trinajstić information content (AvgIpc) is 3.30. The maximum Gasteiger partial charge on any atom is 0.275 e. The van der Waals surface area contributed by atoms with Gasteiger partial charge in [-0.3, -0.25) is 14.2 Å². The molecule has 8 heteroatoms. The van der Waals surface area contributed by atoms with Crippen molar-refractivity contribution in [2.24, 2.45) is 5.92 Å². The number of benzene rings is 1. The second-order valence-electron chi connectivity index (χ2n) is 9.95. The molecule has 0 spiro atoms. The molecule has 1 aromatic carbocycles. The topological polar surface area (TPSA) is 67.7 Å². The molecule has 7 nitrogen and oxygen atoms in total. The van der Waals surface area contributed by atoms with E-state index in [0.717, 1.165) is 29.2 Å². The fraction of sp³-hybridized carbons (Fsp3) is 0.500. The van der Waals surface area contributed by atoms with E-state index in [-0.39, 0.29) is 23.5 Å². The average molecular weight is 481 g/mol. The Bertz CT molecular complexity index is 1240. The van der Waals surface area contributed by atoms with Crippen molar-refractivity contribution in [1.29, 1.82) is 0 Å². The first-order valence-electron chi connectivity index (χ1n) is 12.0. The van der Waals surface area contributed by atoms with E-state index in [1.807, 2.05) is 44.2 Å². The first kappa shape index (κ1) is 23.1. The van der Waals surface area contributed by atoms with Crippen LogP contribution >= 0.6 is 11.3 Å². The van der Waals surface area contributed by atoms with E-state index < -0.39 is 0 Å². The highest BCUT2D eigenvalue weighted by Gasteiger charge is 2.39. The van der Waals surface area contributed by atoms with Crippen molar-refractivity contribution in [3.63, 3.8) is 0 Å². The summed E-state index contributed by atoms with van der Waals surface area (Å²) in [6.07, 6.45) is 6.53. The first-order valence-corrected chi connectivity index (χ1v) is 12.9. The van der Waals surface area contributed by atoms with E-state index in [0.29, 0.717) is 28.8 Å². The van der Waals surface area contributed by atoms with Crippen LogP contribution in [0, 0.1) is 5.92 Å². The minimum Gasteiger partial charge on any atom is -0.490 e. The van der Waals surface area contributed by atoms with Crippen LogP contribution < -0.4 is 10.3 Å². The number of amides is 1. The van der Waals surface area contributed by atoms with Crippen molar-refractivity contribution >= 4 is 27.5 Å². The van der Waals surface area contributed by atoms with Crippen molar-refractivity contribution in [3.05, 3.63) is 51.9 Å². The zero-order valence-electron chi connectivity index (χ0n) is 20.2. The van der Waals surface area contributed by atoms with Crippen LogP contribution in [0.2, 0.25) is 0 Å². The minimum atomic E-state index is -0.0975. The number of rotatable bonds is 6. The fourth-order valence-corrected chi connectivity index (χ4v) is 6.40. The van der Waals surface area contributed by atoms with Gasteiger partial charge in [-0.15, -0.1) is 11.3 Å². The number of hydrogen-bond acceptors (Lipinski definition) is 6. The Morgan fingerprint density at radius 3 is 2.53 bits per heavy atom. The lowest BCUT2D eigenvalue weighted by atomic mass is 10.0. The second kappa shape index (κ2) is 9.15. The first-order chi connectivity index (χ1) is 16.3. The second-order valence-corrected chi connectivity index (χ2v) is 11.1. The van der Waals surface area contributed by atoms with E-state index in [1.54, 1.807) is 22.8 Å². The monoisotopic (exact) mass is 480 g/mol. The molecule has 180 valence electrons. The predicted molar refractivity (Wildman–Crippen MR) is 135 cm³/mol. The summed E-state index contributed by atoms with van der Waals surface area (Å²) in [6, 6.07) is 10.9. The number of nitrogens with zero attached hydrogens (tertiary/aromatic N) is 4. The Morgan fingerprint density at radius 1 is 1.21 bits per heavy atom. The fourth-order valence-electron chi connectivity index (χ4n) is 5.31. The lowest BCUT2D eigenvalue weighted by Crippen LogP contribution is -2.43. The largest absolute Gasteiger partial charge is 0.490 e. The van der Waals surface area contributed by atoms with Gasteiger partial charge in [0, 0.05) is 29.9 Å². The Morgan fingerprint density at radius 2 is 1.88 bits per heavy atom. The SMILES string of the molecule is CC(C)C(=O)N(C)Cc1cc2ncn(-c3ccc(O[C@H]4C[C@H]5CC[C@@H](C4)N5C)cc3)c(=O)c2s1. The quantitative estimate of drug-likeness (QED) is 0.532. The number of hydrogen-bond donors (Lipinski definition) is 0. The van der Waals surface area contributed by atoms with Crippen molar-refractivity contribution in [2.75, 3.05) is 14.1 Å². The van der Waals surface area contributed by atoms with Gasteiger partial charge in [-0.2, -0.15) is 0 Å². The van der Waals surface area contributed by atoms with Crippen molar-refractivity contribution < 1.29 is 9.53 Å². The molecule has 4 heterocycles. The van der Waals surface area contributed by atoms with Crippen molar-refractivity contribution in [2.45, 2.75) is 64.3 Å². The van der Waals surface area contributed by atoms with Gasteiger partial charge in [0.2, 0.25) is 5.91 Å². The molecule has 0 unspecified atom stereocenters. The number of carbonyl (C=O) groups excluding carboxylic acids is 1. The van der Waals surface area contributed by atoms with Gasteiger partial charge in [-0.25, -0.2) is 4.98 Å². The molecule has 34 heavy (non-hydrogen) atoms. The van der Waals surface area contributed by atoms with E-state index >= 15 is 0 Å². The minimum absolute atomic E-state index is 0.0590. The van der Waals surface area contributed by atoms with E-state index in [4.69, 9.17) is 4.74 Å². The Labute approximate surface area is 204 Å². The van der Waals surface area contributed by atoms with Gasteiger partial charge in [0.15, 0.2) is 0 Å². The van der Waals surface area contributed by atoms with Crippen LogP contribution in [0.1, 0.15) is 44.4 Å². The summed E-state index contributed by atoms with van der Waals surface area (Å²) in [7, 11) is 4.02. The van der Waals surface area contributed by atoms with E-state index in [2.05, 4.69) is 16.9 Å². The molecule has 3 atom stereocenters. The van der Waals surface area contributed by atoms with Gasteiger partial charge in [0.1, 0.15) is 22.9 Å². The molecule has 0 radical (unpaired) electrons. The summed E-state index contributed by atoms with van der Waals surface area (Å²) in [4.78, 5) is 35.1. The number of aromatic nitrogens is 2. The molecular formula is C26H32N4O3S. The molecular weight excluding hydrogens is 448 g/mol. The maximum absolute atomic E-state index is 13.2.